The molecule has 1 aromatic carbocycles. The number of hydrogen-bond donors (Lipinski definition) is 3. The maximum absolute atomic E-state index is 14.5. The van der Waals surface area contributed by atoms with E-state index in [1.165, 1.54) is 18.2 Å². The van der Waals surface area contributed by atoms with E-state index in [-0.39, 0.29) is 28.4 Å². The number of thioether (sulfide) groups is 1. The summed E-state index contributed by atoms with van der Waals surface area (Å²) in [7, 11) is 0. The molecule has 1 saturated heterocycles. The van der Waals surface area contributed by atoms with Crippen LogP contribution in [0.2, 0.25) is 0 Å². The molecular formula is C25H33FN4O5S. The zero-order valence-corrected chi connectivity index (χ0v) is 22.0. The number of benzene rings is 1. The van der Waals surface area contributed by atoms with E-state index in [1.54, 1.807) is 34.6 Å². The number of hydrogen-bond acceptors (Lipinski definition) is 7. The van der Waals surface area contributed by atoms with Crippen molar-refractivity contribution >= 4 is 41.0 Å². The van der Waals surface area contributed by atoms with Crippen LogP contribution in [0.15, 0.2) is 28.1 Å². The summed E-state index contributed by atoms with van der Waals surface area (Å²) in [6.07, 6.45) is 2.51. The van der Waals surface area contributed by atoms with Crippen molar-refractivity contribution in [1.82, 2.24) is 15.8 Å². The SMILES string of the molecule is CC(C)C[C@@](NC(=O)OC(C)(C)C)(C(=O)O)c1cc(F)ccc1C=C1SC(N2CCCCN2)=NC1=O. The Morgan fingerprint density at radius 2 is 2.06 bits per heavy atom. The van der Waals surface area contributed by atoms with Gasteiger partial charge in [0, 0.05) is 13.1 Å². The van der Waals surface area contributed by atoms with Crippen molar-refractivity contribution in [3.8, 4) is 0 Å². The van der Waals surface area contributed by atoms with Crippen LogP contribution in [0.5, 0.6) is 0 Å². The van der Waals surface area contributed by atoms with Crippen molar-refractivity contribution in [1.29, 1.82) is 0 Å². The standard InChI is InChI=1S/C25H33FN4O5S/c1-15(2)14-25(21(32)33,29-23(34)35-24(3,4)5)18-13-17(26)9-8-16(18)12-19-20(31)28-22(36-19)30-11-7-6-10-27-30/h8-9,12-13,15,27H,6-7,10-11,14H2,1-5H3,(H,29,34)(H,32,33)/t25-/m0/s1. The molecule has 196 valence electrons. The normalized spacial score (nSPS) is 19.3. The molecule has 0 saturated carbocycles. The molecule has 1 fully saturated rings. The number of carboxylic acids is 1. The molecule has 0 bridgehead atoms. The number of alkyl carbamates (subject to hydrolysis) is 1. The second-order valence-electron chi connectivity index (χ2n) is 10.2. The Hall–Kier alpha value is -2.92. The highest BCUT2D eigenvalue weighted by atomic mass is 32.2. The number of rotatable bonds is 6. The molecule has 1 aromatic rings. The predicted octanol–water partition coefficient (Wildman–Crippen LogP) is 4.25. The van der Waals surface area contributed by atoms with Gasteiger partial charge in [0.25, 0.3) is 5.91 Å². The van der Waals surface area contributed by atoms with Crippen molar-refractivity contribution in [3.63, 3.8) is 0 Å². The topological polar surface area (TPSA) is 120 Å². The van der Waals surface area contributed by atoms with Crippen LogP contribution in [0.1, 0.15) is 65.0 Å². The molecular weight excluding hydrogens is 487 g/mol. The summed E-state index contributed by atoms with van der Waals surface area (Å²) in [6, 6.07) is 3.67. The van der Waals surface area contributed by atoms with E-state index in [9.17, 15) is 23.9 Å². The van der Waals surface area contributed by atoms with Crippen LogP contribution < -0.4 is 10.7 Å². The number of aliphatic carboxylic acids is 1. The molecule has 2 aliphatic rings. The smallest absolute Gasteiger partial charge is 0.408 e. The van der Waals surface area contributed by atoms with Gasteiger partial charge in [0.15, 0.2) is 10.7 Å². The Bertz CT molecular complexity index is 1090. The minimum atomic E-state index is -2.00. The number of carbonyl (C=O) groups excluding carboxylic acids is 2. The Balaban J connectivity index is 2.05. The number of nitrogens with zero attached hydrogens (tertiary/aromatic N) is 2. The molecule has 0 unspecified atom stereocenters. The van der Waals surface area contributed by atoms with Crippen molar-refractivity contribution in [2.45, 2.75) is 65.0 Å². The van der Waals surface area contributed by atoms with Crippen molar-refractivity contribution in [3.05, 3.63) is 40.0 Å². The monoisotopic (exact) mass is 520 g/mol. The third-order valence-corrected chi connectivity index (χ3v) is 6.51. The number of hydrazine groups is 1. The highest BCUT2D eigenvalue weighted by Gasteiger charge is 2.45. The Morgan fingerprint density at radius 3 is 2.64 bits per heavy atom. The molecule has 9 nitrogen and oxygen atoms in total. The number of aliphatic imine (C=N–C) groups is 1. The first-order chi connectivity index (χ1) is 16.8. The maximum atomic E-state index is 14.5. The number of nitrogens with one attached hydrogen (secondary N) is 2. The van der Waals surface area contributed by atoms with E-state index in [1.807, 2.05) is 5.01 Å². The third-order valence-electron chi connectivity index (χ3n) is 5.51. The molecule has 11 heteroatoms. The molecule has 2 heterocycles. The van der Waals surface area contributed by atoms with Crippen molar-refractivity contribution < 1.29 is 28.6 Å². The van der Waals surface area contributed by atoms with Gasteiger partial charge in [-0.05, 0) is 87.0 Å². The minimum absolute atomic E-state index is 0.0139. The second kappa shape index (κ2) is 11.0. The van der Waals surface area contributed by atoms with Gasteiger partial charge >= 0.3 is 12.1 Å². The summed E-state index contributed by atoms with van der Waals surface area (Å²) in [4.78, 5) is 42.6. The summed E-state index contributed by atoms with van der Waals surface area (Å²) in [5.74, 6) is -2.70. The van der Waals surface area contributed by atoms with E-state index in [0.29, 0.717) is 11.7 Å². The first-order valence-electron chi connectivity index (χ1n) is 11.9. The van der Waals surface area contributed by atoms with Gasteiger partial charge in [0.2, 0.25) is 0 Å². The lowest BCUT2D eigenvalue weighted by atomic mass is 9.79. The molecule has 1 atom stereocenters. The summed E-state index contributed by atoms with van der Waals surface area (Å²) >= 11 is 1.16. The van der Waals surface area contributed by atoms with Gasteiger partial charge in [0.05, 0.1) is 4.91 Å². The van der Waals surface area contributed by atoms with E-state index in [2.05, 4.69) is 15.7 Å². The Morgan fingerprint density at radius 1 is 1.33 bits per heavy atom. The van der Waals surface area contributed by atoms with Gasteiger partial charge in [-0.15, -0.1) is 0 Å². The van der Waals surface area contributed by atoms with Crippen LogP contribution in [0, 0.1) is 11.7 Å². The highest BCUT2D eigenvalue weighted by molar-refractivity contribution is 8.18. The molecule has 3 rings (SSSR count). The summed E-state index contributed by atoms with van der Waals surface area (Å²) in [6.45, 7) is 10.1. The van der Waals surface area contributed by atoms with Gasteiger partial charge in [-0.1, -0.05) is 19.9 Å². The van der Waals surface area contributed by atoms with E-state index in [0.717, 1.165) is 37.2 Å². The summed E-state index contributed by atoms with van der Waals surface area (Å²) in [5, 5.41) is 15.2. The minimum Gasteiger partial charge on any atom is -0.479 e. The zero-order chi connectivity index (χ0) is 26.7. The van der Waals surface area contributed by atoms with Crippen LogP contribution >= 0.6 is 11.8 Å². The molecule has 2 aliphatic heterocycles. The average molecular weight is 521 g/mol. The van der Waals surface area contributed by atoms with Crippen molar-refractivity contribution in [2.75, 3.05) is 13.1 Å². The second-order valence-corrected chi connectivity index (χ2v) is 11.3. The summed E-state index contributed by atoms with van der Waals surface area (Å²) < 4.78 is 19.9. The number of ether oxygens (including phenoxy) is 1. The fourth-order valence-corrected chi connectivity index (χ4v) is 5.01. The summed E-state index contributed by atoms with van der Waals surface area (Å²) in [5.41, 5.74) is 0.622. The highest BCUT2D eigenvalue weighted by Crippen LogP contribution is 2.37. The molecule has 2 amide bonds. The molecule has 0 aliphatic carbocycles. The first kappa shape index (κ1) is 27.7. The lowest BCUT2D eigenvalue weighted by Gasteiger charge is -2.34. The van der Waals surface area contributed by atoms with E-state index in [4.69, 9.17) is 4.74 Å². The molecule has 0 radical (unpaired) electrons. The molecule has 36 heavy (non-hydrogen) atoms. The lowest BCUT2D eigenvalue weighted by molar-refractivity contribution is -0.146. The van der Waals surface area contributed by atoms with Gasteiger partial charge < -0.3 is 15.2 Å². The number of amides is 2. The number of amidine groups is 1. The quantitative estimate of drug-likeness (QED) is 0.476. The zero-order valence-electron chi connectivity index (χ0n) is 21.2. The van der Waals surface area contributed by atoms with Crippen LogP contribution in [-0.4, -0.2) is 51.9 Å². The Kier molecular flexibility index (Phi) is 8.45. The van der Waals surface area contributed by atoms with Crippen LogP contribution in [0.4, 0.5) is 9.18 Å². The van der Waals surface area contributed by atoms with Crippen molar-refractivity contribution in [2.24, 2.45) is 10.9 Å². The first-order valence-corrected chi connectivity index (χ1v) is 12.7. The Labute approximate surface area is 214 Å². The molecule has 3 N–H and O–H groups in total. The third kappa shape index (κ3) is 6.64. The number of halogens is 1. The van der Waals surface area contributed by atoms with Crippen LogP contribution in [0.3, 0.4) is 0 Å². The van der Waals surface area contributed by atoms with Gasteiger partial charge in [-0.25, -0.2) is 19.4 Å². The van der Waals surface area contributed by atoms with Gasteiger partial charge in [-0.2, -0.15) is 4.99 Å². The number of carbonyl (C=O) groups is 3. The van der Waals surface area contributed by atoms with Crippen LogP contribution in [-0.2, 0) is 19.9 Å². The fourth-order valence-electron chi connectivity index (χ4n) is 4.10. The average Bonchev–Trinajstić information content (AvgIpc) is 3.13. The largest absolute Gasteiger partial charge is 0.479 e. The van der Waals surface area contributed by atoms with E-state index >= 15 is 0 Å². The van der Waals surface area contributed by atoms with E-state index < -0.39 is 34.9 Å². The molecule has 0 aromatic heterocycles. The number of carboxylic acid groups (broad SMARTS) is 1. The van der Waals surface area contributed by atoms with Gasteiger partial charge in [0.1, 0.15) is 11.4 Å². The molecule has 0 spiro atoms. The van der Waals surface area contributed by atoms with Gasteiger partial charge in [-0.3, -0.25) is 9.80 Å². The van der Waals surface area contributed by atoms with Crippen LogP contribution in [0.25, 0.3) is 6.08 Å². The lowest BCUT2D eigenvalue weighted by Crippen LogP contribution is -2.54. The fraction of sp³-hybridized carbons (Fsp3) is 0.520. The maximum Gasteiger partial charge on any atom is 0.408 e. The predicted molar refractivity (Wildman–Crippen MR) is 136 cm³/mol.